The van der Waals surface area contributed by atoms with E-state index in [1.807, 2.05) is 62.9 Å². The van der Waals surface area contributed by atoms with Crippen LogP contribution in [0.5, 0.6) is 5.75 Å². The minimum Gasteiger partial charge on any atom is -0.481 e. The smallest absolute Gasteiger partial charge is 0.260 e. The first-order valence-electron chi connectivity index (χ1n) is 11.2. The summed E-state index contributed by atoms with van der Waals surface area (Å²) in [4.78, 5) is 27.5. The first-order valence-corrected chi connectivity index (χ1v) is 11.2. The van der Waals surface area contributed by atoms with E-state index in [2.05, 4.69) is 23.5 Å². The van der Waals surface area contributed by atoms with E-state index in [0.717, 1.165) is 24.0 Å². The van der Waals surface area contributed by atoms with E-state index in [1.165, 1.54) is 5.56 Å². The highest BCUT2D eigenvalue weighted by atomic mass is 16.5. The Kier molecular flexibility index (Phi) is 7.04. The van der Waals surface area contributed by atoms with Crippen LogP contribution in [0.3, 0.4) is 0 Å². The van der Waals surface area contributed by atoms with E-state index in [0.29, 0.717) is 18.8 Å². The van der Waals surface area contributed by atoms with Crippen LogP contribution < -0.4 is 10.1 Å². The first kappa shape index (κ1) is 22.9. The van der Waals surface area contributed by atoms with E-state index in [-0.39, 0.29) is 17.9 Å². The van der Waals surface area contributed by atoms with Gasteiger partial charge >= 0.3 is 0 Å². The van der Waals surface area contributed by atoms with Gasteiger partial charge in [-0.15, -0.1) is 0 Å². The topological polar surface area (TPSA) is 58.6 Å². The lowest BCUT2D eigenvalue weighted by atomic mass is 9.85. The maximum absolute atomic E-state index is 13.3. The van der Waals surface area contributed by atoms with Crippen LogP contribution in [0.2, 0.25) is 0 Å². The second-order valence-corrected chi connectivity index (χ2v) is 9.22. The summed E-state index contributed by atoms with van der Waals surface area (Å²) >= 11 is 0. The summed E-state index contributed by atoms with van der Waals surface area (Å²) in [6, 6.07) is 15.9. The maximum atomic E-state index is 13.3. The van der Waals surface area contributed by atoms with Crippen molar-refractivity contribution in [1.82, 2.24) is 10.2 Å². The van der Waals surface area contributed by atoms with Gasteiger partial charge in [0.2, 0.25) is 5.91 Å². The van der Waals surface area contributed by atoms with Gasteiger partial charge in [0.05, 0.1) is 6.04 Å². The number of carbonyl (C=O) groups is 2. The zero-order valence-corrected chi connectivity index (χ0v) is 19.3. The molecule has 3 rings (SSSR count). The largest absolute Gasteiger partial charge is 0.481 e. The van der Waals surface area contributed by atoms with E-state index in [9.17, 15) is 9.59 Å². The van der Waals surface area contributed by atoms with Gasteiger partial charge in [0.25, 0.3) is 5.91 Å². The minimum atomic E-state index is -0.587. The van der Waals surface area contributed by atoms with Crippen molar-refractivity contribution in [2.24, 2.45) is 5.41 Å². The number of hydrogen-bond donors (Lipinski definition) is 1. The Morgan fingerprint density at radius 3 is 2.52 bits per heavy atom. The molecule has 5 heteroatoms. The average molecular weight is 423 g/mol. The molecule has 0 radical (unpaired) electrons. The molecule has 2 amide bonds. The molecular formula is C26H34N2O3. The summed E-state index contributed by atoms with van der Waals surface area (Å²) in [5, 5.41) is 2.87. The van der Waals surface area contributed by atoms with Crippen molar-refractivity contribution in [1.29, 1.82) is 0 Å². The quantitative estimate of drug-likeness (QED) is 0.746. The number of hydrogen-bond acceptors (Lipinski definition) is 3. The molecule has 166 valence electrons. The number of nitrogens with one attached hydrogen (secondary N) is 1. The fourth-order valence-electron chi connectivity index (χ4n) is 3.96. The first-order chi connectivity index (χ1) is 14.7. The van der Waals surface area contributed by atoms with Gasteiger partial charge in [-0.25, -0.2) is 0 Å². The van der Waals surface area contributed by atoms with Crippen LogP contribution in [0.4, 0.5) is 0 Å². The molecule has 5 nitrogen and oxygen atoms in total. The Labute approximate surface area is 185 Å². The van der Waals surface area contributed by atoms with Gasteiger partial charge in [-0.1, -0.05) is 64.1 Å². The van der Waals surface area contributed by atoms with Gasteiger partial charge in [0.1, 0.15) is 5.75 Å². The number of benzene rings is 2. The number of fused-ring (bicyclic) bond motifs is 1. The number of rotatable bonds is 6. The molecule has 0 saturated heterocycles. The van der Waals surface area contributed by atoms with Crippen molar-refractivity contribution in [2.75, 3.05) is 13.1 Å². The fraction of sp³-hybridized carbons (Fsp3) is 0.462. The van der Waals surface area contributed by atoms with Gasteiger partial charge in [-0.2, -0.15) is 0 Å². The van der Waals surface area contributed by atoms with Crippen molar-refractivity contribution in [3.05, 3.63) is 65.2 Å². The van der Waals surface area contributed by atoms with Gasteiger partial charge < -0.3 is 15.0 Å². The molecule has 0 bridgehead atoms. The number of nitrogens with zero attached hydrogens (tertiary/aromatic N) is 1. The molecule has 1 aliphatic heterocycles. The van der Waals surface area contributed by atoms with Crippen LogP contribution in [0.1, 0.15) is 63.8 Å². The predicted molar refractivity (Wildman–Crippen MR) is 123 cm³/mol. The van der Waals surface area contributed by atoms with Crippen LogP contribution in [0.25, 0.3) is 0 Å². The molecule has 31 heavy (non-hydrogen) atoms. The molecule has 0 aliphatic carbocycles. The Balaban J connectivity index is 1.96. The zero-order valence-electron chi connectivity index (χ0n) is 19.3. The van der Waals surface area contributed by atoms with Crippen LogP contribution in [-0.4, -0.2) is 35.9 Å². The van der Waals surface area contributed by atoms with E-state index in [4.69, 9.17) is 4.74 Å². The third-order valence-electron chi connectivity index (χ3n) is 5.59. The van der Waals surface area contributed by atoms with Crippen LogP contribution in [-0.2, 0) is 16.0 Å². The molecule has 2 atom stereocenters. The summed E-state index contributed by atoms with van der Waals surface area (Å²) in [6.45, 7) is 11.0. The minimum absolute atomic E-state index is 0.122. The molecule has 1 aliphatic rings. The van der Waals surface area contributed by atoms with Gasteiger partial charge in [-0.3, -0.25) is 9.59 Å². The predicted octanol–water partition coefficient (Wildman–Crippen LogP) is 4.50. The molecule has 1 N–H and O–H groups in total. The van der Waals surface area contributed by atoms with Crippen molar-refractivity contribution >= 4 is 11.8 Å². The summed E-state index contributed by atoms with van der Waals surface area (Å²) in [5.74, 6) is 0.651. The number of amides is 2. The normalized spacial score (nSPS) is 16.9. The Bertz CT molecular complexity index is 918. The van der Waals surface area contributed by atoms with Gasteiger partial charge in [0, 0.05) is 18.5 Å². The Morgan fingerprint density at radius 2 is 1.87 bits per heavy atom. The molecule has 0 saturated carbocycles. The summed E-state index contributed by atoms with van der Waals surface area (Å²) < 4.78 is 5.97. The summed E-state index contributed by atoms with van der Waals surface area (Å²) in [6.07, 6.45) is 1.09. The molecule has 2 aromatic rings. The van der Waals surface area contributed by atoms with Gasteiger partial charge in [-0.05, 0) is 48.6 Å². The lowest BCUT2D eigenvalue weighted by Gasteiger charge is -2.41. The molecule has 0 spiro atoms. The van der Waals surface area contributed by atoms with Crippen LogP contribution in [0.15, 0.2) is 48.5 Å². The van der Waals surface area contributed by atoms with Crippen molar-refractivity contribution in [3.8, 4) is 5.75 Å². The molecule has 2 aromatic carbocycles. The lowest BCUT2D eigenvalue weighted by molar-refractivity contribution is -0.141. The van der Waals surface area contributed by atoms with Crippen molar-refractivity contribution in [3.63, 3.8) is 0 Å². The Hall–Kier alpha value is -2.82. The molecule has 0 aromatic heterocycles. The van der Waals surface area contributed by atoms with Crippen molar-refractivity contribution in [2.45, 2.75) is 59.6 Å². The van der Waals surface area contributed by atoms with Crippen LogP contribution >= 0.6 is 0 Å². The molecule has 0 fully saturated rings. The summed E-state index contributed by atoms with van der Waals surface area (Å²) in [7, 11) is 0. The molecule has 0 unspecified atom stereocenters. The summed E-state index contributed by atoms with van der Waals surface area (Å²) in [5.41, 5.74) is 2.88. The van der Waals surface area contributed by atoms with Crippen LogP contribution in [0, 0.1) is 5.41 Å². The lowest BCUT2D eigenvalue weighted by Crippen LogP contribution is -2.45. The second kappa shape index (κ2) is 9.54. The average Bonchev–Trinajstić information content (AvgIpc) is 2.75. The van der Waals surface area contributed by atoms with E-state index >= 15 is 0 Å². The third kappa shape index (κ3) is 5.27. The standard InChI is InChI=1S/C26H34N2O3/c1-6-15-27-24(29)18(2)31-21-13-12-19-14-16-28(25(30)26(3,4)5)23(22(19)17-21)20-10-8-7-9-11-20/h7-13,17-18,23H,6,14-16H2,1-5H3,(H,27,29)/t18-,23+/m1/s1. The number of ether oxygens (including phenoxy) is 1. The molecule has 1 heterocycles. The van der Waals surface area contributed by atoms with E-state index in [1.54, 1.807) is 6.92 Å². The highest BCUT2D eigenvalue weighted by Crippen LogP contribution is 2.39. The maximum Gasteiger partial charge on any atom is 0.260 e. The van der Waals surface area contributed by atoms with Gasteiger partial charge in [0.15, 0.2) is 6.10 Å². The highest BCUT2D eigenvalue weighted by Gasteiger charge is 2.37. The van der Waals surface area contributed by atoms with E-state index < -0.39 is 11.5 Å². The second-order valence-electron chi connectivity index (χ2n) is 9.22. The zero-order chi connectivity index (χ0) is 22.6. The number of carbonyl (C=O) groups excluding carboxylic acids is 2. The highest BCUT2D eigenvalue weighted by molar-refractivity contribution is 5.83. The SMILES string of the molecule is CCCNC(=O)[C@@H](C)Oc1ccc2c(c1)[C@H](c1ccccc1)N(C(=O)C(C)(C)C)CC2. The third-order valence-corrected chi connectivity index (χ3v) is 5.59. The monoisotopic (exact) mass is 422 g/mol. The fourth-order valence-corrected chi connectivity index (χ4v) is 3.96. The van der Waals surface area contributed by atoms with Crippen molar-refractivity contribution < 1.29 is 14.3 Å². The molecular weight excluding hydrogens is 388 g/mol. The Morgan fingerprint density at radius 1 is 1.16 bits per heavy atom.